The fourth-order valence-electron chi connectivity index (χ4n) is 0.570. The van der Waals surface area contributed by atoms with Crippen molar-refractivity contribution < 1.29 is 19.4 Å². The molecule has 0 atom stereocenters. The van der Waals surface area contributed by atoms with Gasteiger partial charge in [0.2, 0.25) is 5.91 Å². The van der Waals surface area contributed by atoms with Gasteiger partial charge in [-0.15, -0.1) is 0 Å². The molecule has 5 heteroatoms. The Kier molecular flexibility index (Phi) is 4.21. The summed E-state index contributed by atoms with van der Waals surface area (Å²) in [6.07, 6.45) is -1.24. The van der Waals surface area contributed by atoms with Crippen LogP contribution in [0.3, 0.4) is 0 Å². The van der Waals surface area contributed by atoms with Crippen LogP contribution < -0.4 is 0 Å². The number of hydrogen-bond acceptors (Lipinski definition) is 3. The standard InChI is InChI=1S/C6H11NO4/c1-5(8)7(6(9)10)3-4-11-2/h3-4H2,1-2H3,(H,9,10). The predicted molar refractivity (Wildman–Crippen MR) is 37.3 cm³/mol. The normalized spacial score (nSPS) is 9.27. The van der Waals surface area contributed by atoms with Gasteiger partial charge in [-0.3, -0.25) is 4.79 Å². The number of hydrogen-bond donors (Lipinski definition) is 1. The molecule has 0 aliphatic carbocycles. The van der Waals surface area contributed by atoms with Crippen LogP contribution in [0.15, 0.2) is 0 Å². The third-order valence-electron chi connectivity index (χ3n) is 1.13. The van der Waals surface area contributed by atoms with E-state index in [1.807, 2.05) is 0 Å². The van der Waals surface area contributed by atoms with E-state index < -0.39 is 12.0 Å². The summed E-state index contributed by atoms with van der Waals surface area (Å²) in [4.78, 5) is 21.6. The van der Waals surface area contributed by atoms with Crippen molar-refractivity contribution in [2.45, 2.75) is 6.92 Å². The van der Waals surface area contributed by atoms with Crippen molar-refractivity contribution in [1.82, 2.24) is 4.90 Å². The van der Waals surface area contributed by atoms with E-state index in [0.717, 1.165) is 0 Å². The highest BCUT2D eigenvalue weighted by Crippen LogP contribution is 1.89. The van der Waals surface area contributed by atoms with E-state index in [1.165, 1.54) is 14.0 Å². The summed E-state index contributed by atoms with van der Waals surface area (Å²) in [6.45, 7) is 1.51. The molecule has 0 aliphatic heterocycles. The van der Waals surface area contributed by atoms with Crippen molar-refractivity contribution in [2.75, 3.05) is 20.3 Å². The van der Waals surface area contributed by atoms with Gasteiger partial charge < -0.3 is 9.84 Å². The Morgan fingerprint density at radius 2 is 2.09 bits per heavy atom. The Morgan fingerprint density at radius 3 is 2.36 bits per heavy atom. The minimum absolute atomic E-state index is 0.0845. The molecule has 1 N–H and O–H groups in total. The quantitative estimate of drug-likeness (QED) is 0.640. The fourth-order valence-corrected chi connectivity index (χ4v) is 0.570. The highest BCUT2D eigenvalue weighted by atomic mass is 16.5. The largest absolute Gasteiger partial charge is 0.465 e. The molecular weight excluding hydrogens is 150 g/mol. The first-order chi connectivity index (χ1) is 5.09. The Hall–Kier alpha value is -1.10. The molecule has 5 nitrogen and oxygen atoms in total. The number of rotatable bonds is 3. The summed E-state index contributed by atoms with van der Waals surface area (Å²) in [5.41, 5.74) is 0. The van der Waals surface area contributed by atoms with Crippen LogP contribution in [0, 0.1) is 0 Å². The zero-order chi connectivity index (χ0) is 8.85. The van der Waals surface area contributed by atoms with Crippen molar-refractivity contribution >= 4 is 12.0 Å². The van der Waals surface area contributed by atoms with Crippen LogP contribution in [-0.4, -0.2) is 42.3 Å². The molecule has 0 spiro atoms. The van der Waals surface area contributed by atoms with Crippen LogP contribution in [0.25, 0.3) is 0 Å². The predicted octanol–water partition coefficient (Wildman–Crippen LogP) is 0.159. The van der Waals surface area contributed by atoms with Crippen molar-refractivity contribution in [3.63, 3.8) is 0 Å². The van der Waals surface area contributed by atoms with Gasteiger partial charge in [-0.2, -0.15) is 0 Å². The molecule has 0 aromatic carbocycles. The van der Waals surface area contributed by atoms with Crippen LogP contribution in [0.5, 0.6) is 0 Å². The van der Waals surface area contributed by atoms with Gasteiger partial charge in [0, 0.05) is 14.0 Å². The summed E-state index contributed by atoms with van der Waals surface area (Å²) >= 11 is 0. The highest BCUT2D eigenvalue weighted by molar-refractivity contribution is 5.89. The number of carbonyl (C=O) groups is 2. The highest BCUT2D eigenvalue weighted by Gasteiger charge is 2.14. The van der Waals surface area contributed by atoms with Crippen LogP contribution in [0.2, 0.25) is 0 Å². The third kappa shape index (κ3) is 3.57. The number of imide groups is 1. The molecule has 0 aromatic heterocycles. The smallest absolute Gasteiger partial charge is 0.414 e. The summed E-state index contributed by atoms with van der Waals surface area (Å²) in [6, 6.07) is 0. The molecule has 0 saturated carbocycles. The van der Waals surface area contributed by atoms with Crippen LogP contribution in [-0.2, 0) is 9.53 Å². The van der Waals surface area contributed by atoms with E-state index in [9.17, 15) is 9.59 Å². The second kappa shape index (κ2) is 4.68. The maximum absolute atomic E-state index is 10.6. The second-order valence-corrected chi connectivity index (χ2v) is 1.95. The molecule has 64 valence electrons. The monoisotopic (exact) mass is 161 g/mol. The summed E-state index contributed by atoms with van der Waals surface area (Å²) in [5, 5.41) is 8.42. The van der Waals surface area contributed by atoms with Gasteiger partial charge in [0.05, 0.1) is 13.2 Å². The van der Waals surface area contributed by atoms with Gasteiger partial charge in [-0.1, -0.05) is 0 Å². The molecular formula is C6H11NO4. The van der Waals surface area contributed by atoms with Crippen molar-refractivity contribution in [2.24, 2.45) is 0 Å². The zero-order valence-electron chi connectivity index (χ0n) is 6.53. The number of amides is 2. The van der Waals surface area contributed by atoms with Gasteiger partial charge in [-0.25, -0.2) is 9.69 Å². The van der Waals surface area contributed by atoms with Gasteiger partial charge in [0.1, 0.15) is 0 Å². The molecule has 0 rings (SSSR count). The SMILES string of the molecule is COCCN(C(C)=O)C(=O)O. The van der Waals surface area contributed by atoms with E-state index in [1.54, 1.807) is 0 Å². The first kappa shape index (κ1) is 9.90. The summed E-state index contributed by atoms with van der Waals surface area (Å²) in [5.74, 6) is -0.491. The zero-order valence-corrected chi connectivity index (χ0v) is 6.53. The number of methoxy groups -OCH3 is 1. The van der Waals surface area contributed by atoms with E-state index in [4.69, 9.17) is 5.11 Å². The Labute approximate surface area is 64.6 Å². The average Bonchev–Trinajstić information content (AvgIpc) is 1.87. The molecule has 0 radical (unpaired) electrons. The van der Waals surface area contributed by atoms with E-state index in [0.29, 0.717) is 4.90 Å². The summed E-state index contributed by atoms with van der Waals surface area (Å²) in [7, 11) is 1.44. The maximum Gasteiger partial charge on any atom is 0.414 e. The van der Waals surface area contributed by atoms with Crippen molar-refractivity contribution in [3.05, 3.63) is 0 Å². The van der Waals surface area contributed by atoms with Gasteiger partial charge in [-0.05, 0) is 0 Å². The van der Waals surface area contributed by atoms with E-state index in [2.05, 4.69) is 4.74 Å². The lowest BCUT2D eigenvalue weighted by Gasteiger charge is -2.13. The van der Waals surface area contributed by atoms with Gasteiger partial charge in [0.25, 0.3) is 0 Å². The molecule has 0 heterocycles. The number of carbonyl (C=O) groups excluding carboxylic acids is 1. The molecule has 2 amide bonds. The molecule has 11 heavy (non-hydrogen) atoms. The molecule has 0 unspecified atom stereocenters. The second-order valence-electron chi connectivity index (χ2n) is 1.95. The lowest BCUT2D eigenvalue weighted by molar-refractivity contribution is -0.127. The first-order valence-corrected chi connectivity index (χ1v) is 3.09. The Bertz CT molecular complexity index is 143. The minimum Gasteiger partial charge on any atom is -0.465 e. The van der Waals surface area contributed by atoms with E-state index in [-0.39, 0.29) is 13.2 Å². The summed E-state index contributed by atoms with van der Waals surface area (Å²) < 4.78 is 4.62. The third-order valence-corrected chi connectivity index (χ3v) is 1.13. The van der Waals surface area contributed by atoms with Crippen LogP contribution in [0.1, 0.15) is 6.92 Å². The fraction of sp³-hybridized carbons (Fsp3) is 0.667. The van der Waals surface area contributed by atoms with Gasteiger partial charge >= 0.3 is 6.09 Å². The van der Waals surface area contributed by atoms with Crippen LogP contribution >= 0.6 is 0 Å². The Balaban J connectivity index is 3.90. The molecule has 0 aliphatic rings. The average molecular weight is 161 g/mol. The number of nitrogens with zero attached hydrogens (tertiary/aromatic N) is 1. The lowest BCUT2D eigenvalue weighted by atomic mass is 10.5. The van der Waals surface area contributed by atoms with Crippen molar-refractivity contribution in [3.8, 4) is 0 Å². The first-order valence-electron chi connectivity index (χ1n) is 3.09. The molecule has 0 saturated heterocycles. The topological polar surface area (TPSA) is 66.8 Å². The van der Waals surface area contributed by atoms with E-state index >= 15 is 0 Å². The maximum atomic E-state index is 10.6. The minimum atomic E-state index is -1.24. The molecule has 0 aromatic rings. The lowest BCUT2D eigenvalue weighted by Crippen LogP contribution is -2.36. The van der Waals surface area contributed by atoms with Gasteiger partial charge in [0.15, 0.2) is 0 Å². The van der Waals surface area contributed by atoms with Crippen LogP contribution in [0.4, 0.5) is 4.79 Å². The molecule has 0 fully saturated rings. The number of ether oxygens (including phenoxy) is 1. The van der Waals surface area contributed by atoms with Crippen molar-refractivity contribution in [1.29, 1.82) is 0 Å². The number of carboxylic acid groups (broad SMARTS) is 1. The Morgan fingerprint density at radius 1 is 1.55 bits per heavy atom. The molecule has 0 bridgehead atoms.